The van der Waals surface area contributed by atoms with Crippen LogP contribution in [0.4, 0.5) is 10.5 Å². The lowest BCUT2D eigenvalue weighted by Crippen LogP contribution is -2.41. The van der Waals surface area contributed by atoms with Gasteiger partial charge in [0.05, 0.1) is 0 Å². The number of urea groups is 1. The molecule has 0 saturated heterocycles. The lowest BCUT2D eigenvalue weighted by Gasteiger charge is -2.26. The van der Waals surface area contributed by atoms with E-state index in [1.807, 2.05) is 30.3 Å². The molecule has 90 valence electrons. The Morgan fingerprint density at radius 3 is 2.18 bits per heavy atom. The van der Waals surface area contributed by atoms with Crippen molar-refractivity contribution in [3.05, 3.63) is 55.6 Å². The molecule has 3 heteroatoms. The number of hydrogen-bond acceptors (Lipinski definition) is 1. The summed E-state index contributed by atoms with van der Waals surface area (Å²) in [5.41, 5.74) is 0.871. The fourth-order valence-electron chi connectivity index (χ4n) is 1.52. The fraction of sp³-hybridized carbons (Fsp3) is 0.214. The lowest BCUT2D eigenvalue weighted by atomic mass is 10.3. The molecule has 2 amide bonds. The van der Waals surface area contributed by atoms with Crippen LogP contribution in [-0.4, -0.2) is 31.1 Å². The van der Waals surface area contributed by atoms with Gasteiger partial charge in [-0.15, -0.1) is 13.2 Å². The van der Waals surface area contributed by atoms with Gasteiger partial charge >= 0.3 is 6.03 Å². The highest BCUT2D eigenvalue weighted by Crippen LogP contribution is 2.13. The van der Waals surface area contributed by atoms with Crippen LogP contribution in [-0.2, 0) is 0 Å². The number of para-hydroxylation sites is 1. The average molecular weight is 230 g/mol. The number of carbonyl (C=O) groups is 1. The molecule has 1 aromatic carbocycles. The van der Waals surface area contributed by atoms with E-state index in [4.69, 9.17) is 0 Å². The first-order chi connectivity index (χ1) is 8.20. The van der Waals surface area contributed by atoms with Gasteiger partial charge < -0.3 is 4.90 Å². The zero-order valence-electron chi connectivity index (χ0n) is 10.2. The standard InChI is InChI=1S/C14H18N2O/c1-4-11-16(12-5-2)14(17)15(3)13-9-7-6-8-10-13/h4-10H,1-2,11-12H2,3H3. The summed E-state index contributed by atoms with van der Waals surface area (Å²) in [6.07, 6.45) is 3.42. The molecule has 0 radical (unpaired) electrons. The molecule has 1 rings (SSSR count). The Morgan fingerprint density at radius 1 is 1.18 bits per heavy atom. The second-order valence-corrected chi connectivity index (χ2v) is 3.66. The van der Waals surface area contributed by atoms with Crippen LogP contribution in [0.2, 0.25) is 0 Å². The highest BCUT2D eigenvalue weighted by atomic mass is 16.2. The number of carbonyl (C=O) groups excluding carboxylic acids is 1. The van der Waals surface area contributed by atoms with Crippen LogP contribution in [0.1, 0.15) is 0 Å². The number of rotatable bonds is 5. The highest BCUT2D eigenvalue weighted by Gasteiger charge is 2.16. The summed E-state index contributed by atoms with van der Waals surface area (Å²) in [4.78, 5) is 15.5. The molecule has 0 aliphatic carbocycles. The van der Waals surface area contributed by atoms with Crippen LogP contribution in [0.3, 0.4) is 0 Å². The zero-order chi connectivity index (χ0) is 12.7. The summed E-state index contributed by atoms with van der Waals surface area (Å²) in [5, 5.41) is 0. The molecule has 0 saturated carbocycles. The van der Waals surface area contributed by atoms with Gasteiger partial charge in [0.1, 0.15) is 0 Å². The quantitative estimate of drug-likeness (QED) is 0.713. The third kappa shape index (κ3) is 3.48. The molecule has 3 nitrogen and oxygen atoms in total. The van der Waals surface area contributed by atoms with E-state index in [0.717, 1.165) is 5.69 Å². The van der Waals surface area contributed by atoms with Gasteiger partial charge in [-0.05, 0) is 12.1 Å². The first-order valence-corrected chi connectivity index (χ1v) is 5.50. The maximum absolute atomic E-state index is 12.2. The Bertz CT molecular complexity index is 376. The average Bonchev–Trinajstić information content (AvgIpc) is 2.38. The molecule has 17 heavy (non-hydrogen) atoms. The number of benzene rings is 1. The minimum Gasteiger partial charge on any atom is -0.317 e. The van der Waals surface area contributed by atoms with Crippen LogP contribution in [0.25, 0.3) is 0 Å². The SMILES string of the molecule is C=CCN(CC=C)C(=O)N(C)c1ccccc1. The van der Waals surface area contributed by atoms with Crippen molar-refractivity contribution in [2.45, 2.75) is 0 Å². The van der Waals surface area contributed by atoms with Gasteiger partial charge in [-0.2, -0.15) is 0 Å². The first-order valence-electron chi connectivity index (χ1n) is 5.50. The molecule has 0 atom stereocenters. The minimum absolute atomic E-state index is 0.0593. The molecule has 0 heterocycles. The van der Waals surface area contributed by atoms with Gasteiger partial charge in [-0.25, -0.2) is 4.79 Å². The molecule has 0 fully saturated rings. The third-order valence-electron chi connectivity index (χ3n) is 2.40. The third-order valence-corrected chi connectivity index (χ3v) is 2.40. The van der Waals surface area contributed by atoms with Gasteiger partial charge in [-0.3, -0.25) is 4.90 Å². The van der Waals surface area contributed by atoms with Crippen molar-refractivity contribution in [3.8, 4) is 0 Å². The zero-order valence-corrected chi connectivity index (χ0v) is 10.2. The molecule has 0 unspecified atom stereocenters. The molecule has 0 aromatic heterocycles. The number of amides is 2. The highest BCUT2D eigenvalue weighted by molar-refractivity contribution is 5.91. The van der Waals surface area contributed by atoms with E-state index in [-0.39, 0.29) is 6.03 Å². The summed E-state index contributed by atoms with van der Waals surface area (Å²) >= 11 is 0. The molecular weight excluding hydrogens is 212 g/mol. The molecule has 0 spiro atoms. The van der Waals surface area contributed by atoms with E-state index < -0.39 is 0 Å². The van der Waals surface area contributed by atoms with Crippen molar-refractivity contribution in [2.24, 2.45) is 0 Å². The summed E-state index contributed by atoms with van der Waals surface area (Å²) < 4.78 is 0. The van der Waals surface area contributed by atoms with E-state index in [1.165, 1.54) is 0 Å². The summed E-state index contributed by atoms with van der Waals surface area (Å²) in [7, 11) is 1.76. The molecular formula is C14H18N2O. The van der Waals surface area contributed by atoms with Crippen LogP contribution in [0.5, 0.6) is 0 Å². The first kappa shape index (κ1) is 13.0. The normalized spacial score (nSPS) is 9.47. The Hall–Kier alpha value is -2.03. The fourth-order valence-corrected chi connectivity index (χ4v) is 1.52. The Morgan fingerprint density at radius 2 is 1.71 bits per heavy atom. The number of hydrogen-bond donors (Lipinski definition) is 0. The van der Waals surface area contributed by atoms with E-state index in [2.05, 4.69) is 13.2 Å². The van der Waals surface area contributed by atoms with E-state index in [0.29, 0.717) is 13.1 Å². The number of anilines is 1. The Kier molecular flexibility index (Phi) is 5.01. The van der Waals surface area contributed by atoms with Gasteiger partial charge in [-0.1, -0.05) is 30.4 Å². The topological polar surface area (TPSA) is 23.6 Å². The van der Waals surface area contributed by atoms with Crippen LogP contribution in [0.15, 0.2) is 55.6 Å². The molecule has 0 aliphatic heterocycles. The summed E-state index contributed by atoms with van der Waals surface area (Å²) in [6.45, 7) is 8.33. The van der Waals surface area contributed by atoms with Crippen molar-refractivity contribution < 1.29 is 4.79 Å². The van der Waals surface area contributed by atoms with Crippen LogP contribution < -0.4 is 4.90 Å². The van der Waals surface area contributed by atoms with Crippen molar-refractivity contribution in [1.82, 2.24) is 4.90 Å². The number of nitrogens with zero attached hydrogens (tertiary/aromatic N) is 2. The second-order valence-electron chi connectivity index (χ2n) is 3.66. The Labute approximate surface area is 103 Å². The summed E-state index contributed by atoms with van der Waals surface area (Å²) in [5.74, 6) is 0. The van der Waals surface area contributed by atoms with E-state index in [9.17, 15) is 4.79 Å². The predicted molar refractivity (Wildman–Crippen MR) is 72.2 cm³/mol. The smallest absolute Gasteiger partial charge is 0.317 e. The molecule has 1 aromatic rings. The maximum Gasteiger partial charge on any atom is 0.324 e. The van der Waals surface area contributed by atoms with Crippen molar-refractivity contribution in [2.75, 3.05) is 25.0 Å². The second kappa shape index (κ2) is 6.53. The van der Waals surface area contributed by atoms with E-state index >= 15 is 0 Å². The predicted octanol–water partition coefficient (Wildman–Crippen LogP) is 2.92. The van der Waals surface area contributed by atoms with Crippen molar-refractivity contribution >= 4 is 11.7 Å². The van der Waals surface area contributed by atoms with Gasteiger partial charge in [0.15, 0.2) is 0 Å². The van der Waals surface area contributed by atoms with Gasteiger partial charge in [0, 0.05) is 25.8 Å². The van der Waals surface area contributed by atoms with Crippen LogP contribution in [0, 0.1) is 0 Å². The summed E-state index contributed by atoms with van der Waals surface area (Å²) in [6, 6.07) is 9.48. The van der Waals surface area contributed by atoms with E-state index in [1.54, 1.807) is 29.0 Å². The van der Waals surface area contributed by atoms with Crippen LogP contribution >= 0.6 is 0 Å². The molecule has 0 aliphatic rings. The van der Waals surface area contributed by atoms with Gasteiger partial charge in [0.25, 0.3) is 0 Å². The molecule has 0 bridgehead atoms. The van der Waals surface area contributed by atoms with Crippen molar-refractivity contribution in [3.63, 3.8) is 0 Å². The monoisotopic (exact) mass is 230 g/mol. The maximum atomic E-state index is 12.2. The van der Waals surface area contributed by atoms with Crippen molar-refractivity contribution in [1.29, 1.82) is 0 Å². The minimum atomic E-state index is -0.0593. The Balaban J connectivity index is 2.79. The lowest BCUT2D eigenvalue weighted by molar-refractivity contribution is 0.216. The molecule has 0 N–H and O–H groups in total. The largest absolute Gasteiger partial charge is 0.324 e. The van der Waals surface area contributed by atoms with Gasteiger partial charge in [0.2, 0.25) is 0 Å².